The maximum absolute atomic E-state index is 13.6. The number of halogens is 1. The van der Waals surface area contributed by atoms with E-state index >= 15 is 0 Å². The molecule has 0 atom stereocenters. The first-order valence-corrected chi connectivity index (χ1v) is 5.37. The monoisotopic (exact) mass is 231 g/mol. The average molecular weight is 231 g/mol. The van der Waals surface area contributed by atoms with E-state index in [4.69, 9.17) is 10.5 Å². The van der Waals surface area contributed by atoms with Crippen molar-refractivity contribution in [1.82, 2.24) is 0 Å². The molecule has 0 fully saturated rings. The molecule has 2 aromatic carbocycles. The summed E-state index contributed by atoms with van der Waals surface area (Å²) in [4.78, 5) is 0. The van der Waals surface area contributed by atoms with E-state index in [-0.39, 0.29) is 5.75 Å². The molecule has 0 spiro atoms. The smallest absolute Gasteiger partial charge is 0.167 e. The van der Waals surface area contributed by atoms with Crippen molar-refractivity contribution >= 4 is 5.69 Å². The summed E-state index contributed by atoms with van der Waals surface area (Å²) >= 11 is 0. The SMILES string of the molecule is Cc1cccc(C)c1Oc1ccc(N)cc1F. The van der Waals surface area contributed by atoms with Gasteiger partial charge in [-0.25, -0.2) is 4.39 Å². The molecule has 0 radical (unpaired) electrons. The van der Waals surface area contributed by atoms with E-state index in [1.54, 1.807) is 6.07 Å². The molecule has 0 aliphatic rings. The highest BCUT2D eigenvalue weighted by molar-refractivity contribution is 5.47. The Morgan fingerprint density at radius 1 is 1.06 bits per heavy atom. The van der Waals surface area contributed by atoms with Crippen molar-refractivity contribution in [3.05, 3.63) is 53.3 Å². The summed E-state index contributed by atoms with van der Waals surface area (Å²) in [5.74, 6) is 0.431. The topological polar surface area (TPSA) is 35.2 Å². The lowest BCUT2D eigenvalue weighted by atomic mass is 10.1. The highest BCUT2D eigenvalue weighted by Gasteiger charge is 2.08. The Hall–Kier alpha value is -2.03. The van der Waals surface area contributed by atoms with E-state index in [1.807, 2.05) is 32.0 Å². The first-order chi connectivity index (χ1) is 8.08. The van der Waals surface area contributed by atoms with Crippen LogP contribution in [0.25, 0.3) is 0 Å². The molecule has 0 amide bonds. The molecule has 0 aliphatic heterocycles. The Balaban J connectivity index is 2.38. The van der Waals surface area contributed by atoms with Crippen LogP contribution in [0.2, 0.25) is 0 Å². The largest absolute Gasteiger partial charge is 0.454 e. The van der Waals surface area contributed by atoms with Gasteiger partial charge in [0.2, 0.25) is 0 Å². The Kier molecular flexibility index (Phi) is 3.00. The molecule has 3 heteroatoms. The second-order valence-corrected chi connectivity index (χ2v) is 4.01. The fourth-order valence-corrected chi connectivity index (χ4v) is 1.67. The van der Waals surface area contributed by atoms with Crippen LogP contribution < -0.4 is 10.5 Å². The molecule has 0 saturated heterocycles. The summed E-state index contributed by atoms with van der Waals surface area (Å²) in [5.41, 5.74) is 7.82. The van der Waals surface area contributed by atoms with E-state index in [9.17, 15) is 4.39 Å². The predicted octanol–water partition coefficient (Wildman–Crippen LogP) is 3.82. The van der Waals surface area contributed by atoms with Gasteiger partial charge in [-0.2, -0.15) is 0 Å². The maximum atomic E-state index is 13.6. The number of ether oxygens (including phenoxy) is 1. The van der Waals surface area contributed by atoms with Crippen LogP contribution >= 0.6 is 0 Å². The van der Waals surface area contributed by atoms with Gasteiger partial charge in [-0.3, -0.25) is 0 Å². The Morgan fingerprint density at radius 3 is 2.29 bits per heavy atom. The van der Waals surface area contributed by atoms with Crippen molar-refractivity contribution in [3.8, 4) is 11.5 Å². The normalized spacial score (nSPS) is 10.3. The van der Waals surface area contributed by atoms with Crippen LogP contribution in [0.15, 0.2) is 36.4 Å². The second kappa shape index (κ2) is 4.45. The zero-order chi connectivity index (χ0) is 12.4. The number of nitrogen functional groups attached to an aromatic ring is 1. The highest BCUT2D eigenvalue weighted by atomic mass is 19.1. The van der Waals surface area contributed by atoms with Gasteiger partial charge in [-0.15, -0.1) is 0 Å². The van der Waals surface area contributed by atoms with Gasteiger partial charge in [0.1, 0.15) is 5.75 Å². The highest BCUT2D eigenvalue weighted by Crippen LogP contribution is 2.30. The van der Waals surface area contributed by atoms with E-state index in [0.29, 0.717) is 11.4 Å². The first kappa shape index (κ1) is 11.5. The fourth-order valence-electron chi connectivity index (χ4n) is 1.67. The molecule has 0 heterocycles. The Morgan fingerprint density at radius 2 is 1.71 bits per heavy atom. The van der Waals surface area contributed by atoms with Gasteiger partial charge in [0.25, 0.3) is 0 Å². The molecule has 0 saturated carbocycles. The zero-order valence-electron chi connectivity index (χ0n) is 9.83. The third-order valence-electron chi connectivity index (χ3n) is 2.58. The summed E-state index contributed by atoms with van der Waals surface area (Å²) < 4.78 is 19.2. The molecule has 0 aromatic heterocycles. The van der Waals surface area contributed by atoms with Crippen LogP contribution in [-0.4, -0.2) is 0 Å². The number of anilines is 1. The van der Waals surface area contributed by atoms with Gasteiger partial charge < -0.3 is 10.5 Å². The number of hydrogen-bond acceptors (Lipinski definition) is 2. The molecule has 88 valence electrons. The van der Waals surface area contributed by atoms with Crippen molar-refractivity contribution in [2.75, 3.05) is 5.73 Å². The van der Waals surface area contributed by atoms with Gasteiger partial charge >= 0.3 is 0 Å². The molecule has 0 bridgehead atoms. The van der Waals surface area contributed by atoms with Gasteiger partial charge in [-0.05, 0) is 37.1 Å². The molecule has 2 rings (SSSR count). The first-order valence-electron chi connectivity index (χ1n) is 5.37. The predicted molar refractivity (Wildman–Crippen MR) is 66.8 cm³/mol. The van der Waals surface area contributed by atoms with Gasteiger partial charge in [0.05, 0.1) is 0 Å². The van der Waals surface area contributed by atoms with Crippen LogP contribution in [0.5, 0.6) is 11.5 Å². The number of para-hydroxylation sites is 1. The van der Waals surface area contributed by atoms with E-state index in [0.717, 1.165) is 11.1 Å². The van der Waals surface area contributed by atoms with E-state index in [2.05, 4.69) is 0 Å². The minimum absolute atomic E-state index is 0.191. The minimum atomic E-state index is -0.451. The molecular formula is C14H14FNO. The Bertz CT molecular complexity index is 532. The van der Waals surface area contributed by atoms with Crippen LogP contribution in [0.4, 0.5) is 10.1 Å². The molecule has 2 aromatic rings. The Labute approximate surface area is 99.8 Å². The van der Waals surface area contributed by atoms with Crippen LogP contribution in [0.1, 0.15) is 11.1 Å². The maximum Gasteiger partial charge on any atom is 0.167 e. The van der Waals surface area contributed by atoms with Crippen molar-refractivity contribution < 1.29 is 9.13 Å². The van der Waals surface area contributed by atoms with Gasteiger partial charge in [-0.1, -0.05) is 18.2 Å². The fraction of sp³-hybridized carbons (Fsp3) is 0.143. The lowest BCUT2D eigenvalue weighted by Gasteiger charge is -2.12. The van der Waals surface area contributed by atoms with E-state index < -0.39 is 5.82 Å². The average Bonchev–Trinajstić information content (AvgIpc) is 2.26. The van der Waals surface area contributed by atoms with E-state index in [1.165, 1.54) is 12.1 Å². The molecule has 0 unspecified atom stereocenters. The third-order valence-corrected chi connectivity index (χ3v) is 2.58. The molecule has 2 nitrogen and oxygen atoms in total. The standard InChI is InChI=1S/C14H14FNO/c1-9-4-3-5-10(2)14(9)17-13-7-6-11(16)8-12(13)15/h3-8H,16H2,1-2H3. The zero-order valence-corrected chi connectivity index (χ0v) is 9.83. The van der Waals surface area contributed by atoms with Crippen LogP contribution in [-0.2, 0) is 0 Å². The summed E-state index contributed by atoms with van der Waals surface area (Å²) in [7, 11) is 0. The number of hydrogen-bond donors (Lipinski definition) is 1. The lowest BCUT2D eigenvalue weighted by Crippen LogP contribution is -1.94. The molecule has 2 N–H and O–H groups in total. The molecule has 17 heavy (non-hydrogen) atoms. The second-order valence-electron chi connectivity index (χ2n) is 4.01. The quantitative estimate of drug-likeness (QED) is 0.797. The van der Waals surface area contributed by atoms with Crippen molar-refractivity contribution in [3.63, 3.8) is 0 Å². The number of nitrogens with two attached hydrogens (primary N) is 1. The summed E-state index contributed by atoms with van der Waals surface area (Å²) in [6, 6.07) is 10.2. The van der Waals surface area contributed by atoms with Gasteiger partial charge in [0, 0.05) is 11.8 Å². The van der Waals surface area contributed by atoms with Crippen LogP contribution in [0, 0.1) is 19.7 Å². The number of benzene rings is 2. The lowest BCUT2D eigenvalue weighted by molar-refractivity contribution is 0.437. The van der Waals surface area contributed by atoms with Crippen molar-refractivity contribution in [2.45, 2.75) is 13.8 Å². The summed E-state index contributed by atoms with van der Waals surface area (Å²) in [5, 5.41) is 0. The third kappa shape index (κ3) is 2.38. The minimum Gasteiger partial charge on any atom is -0.454 e. The molecule has 0 aliphatic carbocycles. The summed E-state index contributed by atoms with van der Waals surface area (Å²) in [6.45, 7) is 3.86. The molecular weight excluding hydrogens is 217 g/mol. The number of aryl methyl sites for hydroxylation is 2. The van der Waals surface area contributed by atoms with Crippen molar-refractivity contribution in [1.29, 1.82) is 0 Å². The van der Waals surface area contributed by atoms with Gasteiger partial charge in [0.15, 0.2) is 11.6 Å². The number of rotatable bonds is 2. The van der Waals surface area contributed by atoms with Crippen molar-refractivity contribution in [2.24, 2.45) is 0 Å². The summed E-state index contributed by atoms with van der Waals surface area (Å²) in [6.07, 6.45) is 0. The van der Waals surface area contributed by atoms with Crippen LogP contribution in [0.3, 0.4) is 0 Å².